The molecule has 0 bridgehead atoms. The quantitative estimate of drug-likeness (QED) is 0.680. The fourth-order valence-electron chi connectivity index (χ4n) is 3.07. The van der Waals surface area contributed by atoms with Crippen LogP contribution in [0.15, 0.2) is 47.5 Å². The minimum atomic E-state index is -3.78. The average Bonchev–Trinajstić information content (AvgIpc) is 3.20. The molecule has 1 heterocycles. The van der Waals surface area contributed by atoms with Gasteiger partial charge in [0.1, 0.15) is 6.10 Å². The molecule has 2 aromatic rings. The van der Waals surface area contributed by atoms with Crippen molar-refractivity contribution < 1.29 is 22.7 Å². The Morgan fingerprint density at radius 2 is 2.00 bits per heavy atom. The molecule has 1 fully saturated rings. The molecule has 0 spiro atoms. The first-order valence-corrected chi connectivity index (χ1v) is 10.8. The van der Waals surface area contributed by atoms with Crippen molar-refractivity contribution >= 4 is 16.0 Å². The van der Waals surface area contributed by atoms with Crippen LogP contribution in [0.4, 0.5) is 0 Å². The number of ether oxygens (including phenoxy) is 2. The number of aromatic nitrogens is 1. The van der Waals surface area contributed by atoms with E-state index < -0.39 is 16.0 Å². The van der Waals surface area contributed by atoms with Gasteiger partial charge in [-0.1, -0.05) is 6.07 Å². The van der Waals surface area contributed by atoms with Crippen molar-refractivity contribution in [1.82, 2.24) is 9.71 Å². The summed E-state index contributed by atoms with van der Waals surface area (Å²) in [6, 6.07) is 9.26. The van der Waals surface area contributed by atoms with Crippen molar-refractivity contribution in [1.29, 1.82) is 0 Å². The van der Waals surface area contributed by atoms with Crippen molar-refractivity contribution in [2.45, 2.75) is 50.2 Å². The number of carbonyl (C=O) groups is 1. The first-order valence-electron chi connectivity index (χ1n) is 9.36. The number of hydrogen-bond acceptors (Lipinski definition) is 6. The first-order chi connectivity index (χ1) is 13.5. The normalized spacial score (nSPS) is 14.8. The van der Waals surface area contributed by atoms with Crippen molar-refractivity contribution in [2.75, 3.05) is 6.61 Å². The van der Waals surface area contributed by atoms with Gasteiger partial charge in [-0.2, -0.15) is 0 Å². The van der Waals surface area contributed by atoms with Gasteiger partial charge >= 0.3 is 5.97 Å². The lowest BCUT2D eigenvalue weighted by molar-refractivity contribution is 0.0526. The molecule has 0 atom stereocenters. The molecular formula is C20H24N2O5S. The van der Waals surface area contributed by atoms with Crippen LogP contribution in [0.25, 0.3) is 0 Å². The van der Waals surface area contributed by atoms with E-state index in [1.807, 2.05) is 0 Å². The molecule has 150 valence electrons. The third-order valence-electron chi connectivity index (χ3n) is 4.51. The van der Waals surface area contributed by atoms with Crippen LogP contribution in [-0.4, -0.2) is 32.1 Å². The van der Waals surface area contributed by atoms with Crippen LogP contribution in [0.2, 0.25) is 0 Å². The molecule has 1 saturated carbocycles. The Balaban J connectivity index is 1.66. The third kappa shape index (κ3) is 5.30. The minimum absolute atomic E-state index is 0.00883. The lowest BCUT2D eigenvalue weighted by Gasteiger charge is -2.13. The first kappa shape index (κ1) is 20.3. The van der Waals surface area contributed by atoms with Gasteiger partial charge in [-0.3, -0.25) is 0 Å². The predicted molar refractivity (Wildman–Crippen MR) is 104 cm³/mol. The molecule has 8 heteroatoms. The lowest BCUT2D eigenvalue weighted by atomic mass is 10.2. The molecule has 0 unspecified atom stereocenters. The monoisotopic (exact) mass is 404 g/mol. The van der Waals surface area contributed by atoms with Crippen LogP contribution in [0.1, 0.15) is 48.5 Å². The van der Waals surface area contributed by atoms with Crippen molar-refractivity contribution in [3.63, 3.8) is 0 Å². The molecular weight excluding hydrogens is 380 g/mol. The largest absolute Gasteiger partial charge is 0.474 e. The zero-order valence-corrected chi connectivity index (χ0v) is 16.6. The molecule has 0 radical (unpaired) electrons. The number of pyridine rings is 1. The van der Waals surface area contributed by atoms with E-state index in [2.05, 4.69) is 9.71 Å². The van der Waals surface area contributed by atoms with Gasteiger partial charge in [0.05, 0.1) is 17.1 Å². The van der Waals surface area contributed by atoms with E-state index in [0.29, 0.717) is 5.88 Å². The molecule has 0 saturated heterocycles. The minimum Gasteiger partial charge on any atom is -0.474 e. The Hall–Kier alpha value is -2.45. The number of nitrogens with zero attached hydrogens (tertiary/aromatic N) is 1. The van der Waals surface area contributed by atoms with E-state index in [-0.39, 0.29) is 29.7 Å². The number of esters is 1. The number of nitrogens with one attached hydrogen (secondary N) is 1. The second kappa shape index (κ2) is 9.16. The van der Waals surface area contributed by atoms with Gasteiger partial charge in [0.2, 0.25) is 15.9 Å². The highest BCUT2D eigenvalue weighted by atomic mass is 32.2. The predicted octanol–water partition coefficient (Wildman–Crippen LogP) is 3.06. The maximum absolute atomic E-state index is 12.6. The van der Waals surface area contributed by atoms with E-state index in [1.165, 1.54) is 24.3 Å². The van der Waals surface area contributed by atoms with Crippen molar-refractivity contribution in [2.24, 2.45) is 0 Å². The highest BCUT2D eigenvalue weighted by Crippen LogP contribution is 2.23. The smallest absolute Gasteiger partial charge is 0.338 e. The van der Waals surface area contributed by atoms with Crippen LogP contribution in [0.3, 0.4) is 0 Å². The summed E-state index contributed by atoms with van der Waals surface area (Å²) >= 11 is 0. The summed E-state index contributed by atoms with van der Waals surface area (Å²) < 4.78 is 38.5. The topological polar surface area (TPSA) is 94.6 Å². The Kier molecular flexibility index (Phi) is 6.64. The summed E-state index contributed by atoms with van der Waals surface area (Å²) in [6.45, 7) is 2.01. The van der Waals surface area contributed by atoms with Gasteiger partial charge in [0, 0.05) is 18.8 Å². The van der Waals surface area contributed by atoms with E-state index in [1.54, 1.807) is 25.3 Å². The summed E-state index contributed by atoms with van der Waals surface area (Å²) in [5, 5.41) is 0. The van der Waals surface area contributed by atoms with Crippen molar-refractivity contribution in [3.8, 4) is 5.88 Å². The van der Waals surface area contributed by atoms with Crippen LogP contribution in [0.5, 0.6) is 5.88 Å². The van der Waals surface area contributed by atoms with Gasteiger partial charge < -0.3 is 9.47 Å². The Morgan fingerprint density at radius 1 is 1.21 bits per heavy atom. The molecule has 3 rings (SSSR count). The standard InChI is InChI=1S/C20H24N2O5S/c1-2-26-20(23)16-6-5-9-18(13-16)28(24,25)22-14-15-10-11-21-19(12-15)27-17-7-3-4-8-17/h5-6,9-13,17,22H,2-4,7-8,14H2,1H3. The fraction of sp³-hybridized carbons (Fsp3) is 0.400. The fourth-order valence-corrected chi connectivity index (χ4v) is 4.13. The second-order valence-electron chi connectivity index (χ2n) is 6.60. The van der Waals surface area contributed by atoms with E-state index >= 15 is 0 Å². The highest BCUT2D eigenvalue weighted by molar-refractivity contribution is 7.89. The van der Waals surface area contributed by atoms with Crippen LogP contribution >= 0.6 is 0 Å². The summed E-state index contributed by atoms with van der Waals surface area (Å²) in [5.41, 5.74) is 0.939. The number of carbonyl (C=O) groups excluding carboxylic acids is 1. The van der Waals surface area contributed by atoms with E-state index in [0.717, 1.165) is 31.2 Å². The molecule has 1 N–H and O–H groups in total. The number of rotatable bonds is 8. The summed E-state index contributed by atoms with van der Waals surface area (Å²) in [4.78, 5) is 16.0. The van der Waals surface area contributed by atoms with Gasteiger partial charge in [-0.25, -0.2) is 22.9 Å². The van der Waals surface area contributed by atoms with Gasteiger partial charge in [0.25, 0.3) is 0 Å². The Morgan fingerprint density at radius 3 is 2.75 bits per heavy atom. The molecule has 1 aromatic heterocycles. The van der Waals surface area contributed by atoms with Gasteiger partial charge in [-0.15, -0.1) is 0 Å². The number of benzene rings is 1. The molecule has 1 aliphatic carbocycles. The maximum atomic E-state index is 12.6. The Labute approximate surface area is 165 Å². The summed E-state index contributed by atoms with van der Waals surface area (Å²) in [6.07, 6.45) is 6.16. The number of sulfonamides is 1. The highest BCUT2D eigenvalue weighted by Gasteiger charge is 2.18. The zero-order valence-electron chi connectivity index (χ0n) is 15.8. The van der Waals surface area contributed by atoms with Crippen LogP contribution in [0, 0.1) is 0 Å². The molecule has 0 amide bonds. The third-order valence-corrected chi connectivity index (χ3v) is 5.91. The summed E-state index contributed by atoms with van der Waals surface area (Å²) in [7, 11) is -3.78. The van der Waals surface area contributed by atoms with Crippen LogP contribution < -0.4 is 9.46 Å². The van der Waals surface area contributed by atoms with E-state index in [4.69, 9.17) is 9.47 Å². The molecule has 1 aliphatic rings. The zero-order chi connectivity index (χ0) is 20.0. The average molecular weight is 404 g/mol. The second-order valence-corrected chi connectivity index (χ2v) is 8.37. The number of hydrogen-bond donors (Lipinski definition) is 1. The molecule has 0 aliphatic heterocycles. The van der Waals surface area contributed by atoms with Gasteiger partial charge in [-0.05, 0) is 62.4 Å². The van der Waals surface area contributed by atoms with Crippen molar-refractivity contribution in [3.05, 3.63) is 53.7 Å². The molecule has 28 heavy (non-hydrogen) atoms. The van der Waals surface area contributed by atoms with Gasteiger partial charge in [0.15, 0.2) is 0 Å². The summed E-state index contributed by atoms with van der Waals surface area (Å²) in [5.74, 6) is -0.0460. The molecule has 7 nitrogen and oxygen atoms in total. The lowest BCUT2D eigenvalue weighted by Crippen LogP contribution is -2.23. The SMILES string of the molecule is CCOC(=O)c1cccc(S(=O)(=O)NCc2ccnc(OC3CCCC3)c2)c1. The van der Waals surface area contributed by atoms with Crippen LogP contribution in [-0.2, 0) is 21.3 Å². The van der Waals surface area contributed by atoms with E-state index in [9.17, 15) is 13.2 Å². The maximum Gasteiger partial charge on any atom is 0.338 e. The molecule has 1 aromatic carbocycles. The Bertz CT molecular complexity index is 924.